The highest BCUT2D eigenvalue weighted by Gasteiger charge is 2.30. The van der Waals surface area contributed by atoms with Gasteiger partial charge in [0, 0.05) is 23.3 Å². The van der Waals surface area contributed by atoms with Crippen molar-refractivity contribution >= 4 is 32.8 Å². The quantitative estimate of drug-likeness (QED) is 0.796. The molecule has 1 aliphatic rings. The van der Waals surface area contributed by atoms with Crippen molar-refractivity contribution in [3.8, 4) is 0 Å². The second-order valence-electron chi connectivity index (χ2n) is 4.60. The first kappa shape index (κ1) is 11.8. The molecule has 0 N–H and O–H groups in total. The van der Waals surface area contributed by atoms with Gasteiger partial charge in [-0.15, -0.1) is 0 Å². The molecule has 94 valence electrons. The van der Waals surface area contributed by atoms with Crippen molar-refractivity contribution in [2.75, 3.05) is 11.9 Å². The number of likely N-dealkylation sites (tertiary alicyclic amines) is 1. The van der Waals surface area contributed by atoms with Crippen molar-refractivity contribution < 1.29 is 9.21 Å². The van der Waals surface area contributed by atoms with Crippen LogP contribution in [0.1, 0.15) is 23.4 Å². The van der Waals surface area contributed by atoms with E-state index in [2.05, 4.69) is 15.9 Å². The normalized spacial score (nSPS) is 19.6. The first-order valence-corrected chi connectivity index (χ1v) is 7.27. The maximum Gasteiger partial charge on any atom is 0.289 e. The summed E-state index contributed by atoms with van der Waals surface area (Å²) in [4.78, 5) is 14.3. The summed E-state index contributed by atoms with van der Waals surface area (Å²) in [5.74, 6) is 0.456. The summed E-state index contributed by atoms with van der Waals surface area (Å²) in [6, 6.07) is 9.84. The molecule has 1 amide bonds. The summed E-state index contributed by atoms with van der Waals surface area (Å²) in [5, 5.41) is 1.81. The maximum atomic E-state index is 12.4. The number of furan rings is 1. The molecule has 1 aromatic carbocycles. The minimum absolute atomic E-state index is 0.00755. The third-order valence-corrected chi connectivity index (χ3v) is 4.20. The molecule has 0 aliphatic carbocycles. The Kier molecular flexibility index (Phi) is 3.12. The Balaban J connectivity index is 1.91. The van der Waals surface area contributed by atoms with Crippen LogP contribution in [0.25, 0.3) is 11.0 Å². The van der Waals surface area contributed by atoms with Gasteiger partial charge >= 0.3 is 0 Å². The van der Waals surface area contributed by atoms with Gasteiger partial charge in [0.1, 0.15) is 5.58 Å². The highest BCUT2D eigenvalue weighted by molar-refractivity contribution is 9.09. The van der Waals surface area contributed by atoms with Gasteiger partial charge in [-0.05, 0) is 25.0 Å². The molecule has 2 heterocycles. The third kappa shape index (κ3) is 1.94. The molecular formula is C14H14BrNO2. The van der Waals surface area contributed by atoms with Gasteiger partial charge in [-0.1, -0.05) is 34.1 Å². The van der Waals surface area contributed by atoms with E-state index in [0.29, 0.717) is 11.8 Å². The predicted molar refractivity (Wildman–Crippen MR) is 74.1 cm³/mol. The molecule has 2 aromatic rings. The number of nitrogens with zero attached hydrogens (tertiary/aromatic N) is 1. The molecule has 3 nitrogen and oxygen atoms in total. The van der Waals surface area contributed by atoms with Gasteiger partial charge in [0.15, 0.2) is 5.76 Å². The van der Waals surface area contributed by atoms with Gasteiger partial charge in [0.05, 0.1) is 0 Å². The van der Waals surface area contributed by atoms with E-state index in [1.165, 1.54) is 0 Å². The minimum atomic E-state index is 0.00755. The molecule has 1 unspecified atom stereocenters. The van der Waals surface area contributed by atoms with Crippen molar-refractivity contribution in [1.29, 1.82) is 0 Å². The van der Waals surface area contributed by atoms with Crippen molar-refractivity contribution in [1.82, 2.24) is 4.90 Å². The second-order valence-corrected chi connectivity index (χ2v) is 5.24. The van der Waals surface area contributed by atoms with Crippen LogP contribution in [0.4, 0.5) is 0 Å². The molecule has 1 saturated heterocycles. The molecule has 1 aliphatic heterocycles. The van der Waals surface area contributed by atoms with E-state index in [0.717, 1.165) is 35.7 Å². The van der Waals surface area contributed by atoms with E-state index in [1.54, 1.807) is 0 Å². The topological polar surface area (TPSA) is 33.5 Å². The summed E-state index contributed by atoms with van der Waals surface area (Å²) in [6.07, 6.45) is 2.14. The Bertz CT molecular complexity index is 545. The predicted octanol–water partition coefficient (Wildman–Crippen LogP) is 3.43. The highest BCUT2D eigenvalue weighted by atomic mass is 79.9. The van der Waals surface area contributed by atoms with Crippen LogP contribution in [0, 0.1) is 0 Å². The lowest BCUT2D eigenvalue weighted by atomic mass is 10.2. The van der Waals surface area contributed by atoms with Gasteiger partial charge < -0.3 is 9.32 Å². The molecule has 1 atom stereocenters. The standard InChI is InChI=1S/C14H14BrNO2/c15-9-11-5-3-7-16(11)14(17)13-8-10-4-1-2-6-12(10)18-13/h1-2,4,6,8,11H,3,5,7,9H2. The number of halogens is 1. The van der Waals surface area contributed by atoms with Crippen LogP contribution in [0.3, 0.4) is 0 Å². The first-order chi connectivity index (χ1) is 8.79. The summed E-state index contributed by atoms with van der Waals surface area (Å²) in [6.45, 7) is 0.826. The van der Waals surface area contributed by atoms with Crippen molar-refractivity contribution in [3.63, 3.8) is 0 Å². The monoisotopic (exact) mass is 307 g/mol. The zero-order chi connectivity index (χ0) is 12.5. The number of carbonyl (C=O) groups excluding carboxylic acids is 1. The van der Waals surface area contributed by atoms with Gasteiger partial charge in [0.25, 0.3) is 5.91 Å². The smallest absolute Gasteiger partial charge is 0.289 e. The van der Waals surface area contributed by atoms with Crippen LogP contribution in [0.5, 0.6) is 0 Å². The lowest BCUT2D eigenvalue weighted by Crippen LogP contribution is -2.36. The molecule has 4 heteroatoms. The number of alkyl halides is 1. The van der Waals surface area contributed by atoms with Gasteiger partial charge in [-0.25, -0.2) is 0 Å². The van der Waals surface area contributed by atoms with Crippen LogP contribution in [0.2, 0.25) is 0 Å². The average Bonchev–Trinajstić information content (AvgIpc) is 3.03. The zero-order valence-corrected chi connectivity index (χ0v) is 11.5. The number of hydrogen-bond acceptors (Lipinski definition) is 2. The fourth-order valence-corrected chi connectivity index (χ4v) is 3.17. The molecule has 18 heavy (non-hydrogen) atoms. The van der Waals surface area contributed by atoms with Gasteiger partial charge in [-0.2, -0.15) is 0 Å². The van der Waals surface area contributed by atoms with Crippen molar-refractivity contribution in [2.24, 2.45) is 0 Å². The first-order valence-electron chi connectivity index (χ1n) is 6.15. The van der Waals surface area contributed by atoms with Crippen LogP contribution >= 0.6 is 15.9 Å². The number of benzene rings is 1. The Morgan fingerprint density at radius 3 is 3.06 bits per heavy atom. The molecule has 0 saturated carbocycles. The number of fused-ring (bicyclic) bond motifs is 1. The SMILES string of the molecule is O=C(c1cc2ccccc2o1)N1CCCC1CBr. The molecule has 1 fully saturated rings. The number of rotatable bonds is 2. The Labute approximate surface area is 114 Å². The minimum Gasteiger partial charge on any atom is -0.451 e. The van der Waals surface area contributed by atoms with Crippen LogP contribution < -0.4 is 0 Å². The van der Waals surface area contributed by atoms with Crippen LogP contribution in [0.15, 0.2) is 34.7 Å². The fourth-order valence-electron chi connectivity index (χ4n) is 2.49. The van der Waals surface area contributed by atoms with Crippen LogP contribution in [-0.2, 0) is 0 Å². The van der Waals surface area contributed by atoms with E-state index in [1.807, 2.05) is 35.2 Å². The molecule has 0 bridgehead atoms. The highest BCUT2D eigenvalue weighted by Crippen LogP contribution is 2.25. The molecular weight excluding hydrogens is 294 g/mol. The van der Waals surface area contributed by atoms with Crippen LogP contribution in [-0.4, -0.2) is 28.7 Å². The van der Waals surface area contributed by atoms with Gasteiger partial charge in [-0.3, -0.25) is 4.79 Å². The van der Waals surface area contributed by atoms with E-state index >= 15 is 0 Å². The molecule has 0 spiro atoms. The van der Waals surface area contributed by atoms with Crippen molar-refractivity contribution in [2.45, 2.75) is 18.9 Å². The maximum absolute atomic E-state index is 12.4. The summed E-state index contributed by atoms with van der Waals surface area (Å²) in [5.41, 5.74) is 0.774. The fraction of sp³-hybridized carbons (Fsp3) is 0.357. The zero-order valence-electron chi connectivity index (χ0n) is 9.93. The summed E-state index contributed by atoms with van der Waals surface area (Å²) < 4.78 is 5.63. The molecule has 1 aromatic heterocycles. The van der Waals surface area contributed by atoms with Gasteiger partial charge in [0.2, 0.25) is 0 Å². The summed E-state index contributed by atoms with van der Waals surface area (Å²) in [7, 11) is 0. The van der Waals surface area contributed by atoms with E-state index in [-0.39, 0.29) is 5.91 Å². The van der Waals surface area contributed by atoms with Crippen molar-refractivity contribution in [3.05, 3.63) is 36.1 Å². The molecule has 0 radical (unpaired) electrons. The number of hydrogen-bond donors (Lipinski definition) is 0. The number of para-hydroxylation sites is 1. The van der Waals surface area contributed by atoms with E-state index < -0.39 is 0 Å². The molecule has 3 rings (SSSR count). The largest absolute Gasteiger partial charge is 0.451 e. The number of amides is 1. The Morgan fingerprint density at radius 1 is 1.44 bits per heavy atom. The summed E-state index contributed by atoms with van der Waals surface area (Å²) >= 11 is 3.47. The van der Waals surface area contributed by atoms with E-state index in [9.17, 15) is 4.79 Å². The average molecular weight is 308 g/mol. The Hall–Kier alpha value is -1.29. The lowest BCUT2D eigenvalue weighted by molar-refractivity contribution is 0.0721. The third-order valence-electron chi connectivity index (χ3n) is 3.45. The second kappa shape index (κ2) is 4.76. The van der Waals surface area contributed by atoms with E-state index in [4.69, 9.17) is 4.42 Å². The number of carbonyl (C=O) groups is 1. The Morgan fingerprint density at radius 2 is 2.28 bits per heavy atom. The lowest BCUT2D eigenvalue weighted by Gasteiger charge is -2.21.